The number of nitrogens with zero attached hydrogens (tertiary/aromatic N) is 2. The first kappa shape index (κ1) is 14.3. The molecule has 0 spiro atoms. The largest absolute Gasteiger partial charge is 0.247 e. The van der Waals surface area contributed by atoms with E-state index in [1.54, 1.807) is 22.7 Å². The van der Waals surface area contributed by atoms with Crippen LogP contribution >= 0.6 is 22.7 Å². The summed E-state index contributed by atoms with van der Waals surface area (Å²) in [6, 6.07) is 0. The minimum absolute atomic E-state index is 0. The van der Waals surface area contributed by atoms with Crippen LogP contribution in [0.3, 0.4) is 0 Å². The number of hydrogen-bond acceptors (Lipinski definition) is 4. The van der Waals surface area contributed by atoms with Crippen molar-refractivity contribution in [2.45, 2.75) is 35.1 Å². The minimum Gasteiger partial charge on any atom is -0.247 e. The molecule has 0 atom stereocenters. The van der Waals surface area contributed by atoms with Gasteiger partial charge in [-0.2, -0.15) is 0 Å². The Morgan fingerprint density at radius 2 is 1.13 bits per heavy atom. The average molecular weight is 242 g/mol. The third-order valence-electron chi connectivity index (χ3n) is 1.47. The summed E-state index contributed by atoms with van der Waals surface area (Å²) in [7, 11) is 0. The van der Waals surface area contributed by atoms with Gasteiger partial charge in [-0.1, -0.05) is 7.43 Å². The molecule has 0 aliphatic rings. The SMILES string of the molecule is C.Cc1csc(C)n1.Cc1csc(C)n1. The Labute approximate surface area is 100 Å². The van der Waals surface area contributed by atoms with Gasteiger partial charge in [0, 0.05) is 22.1 Å². The van der Waals surface area contributed by atoms with Crippen LogP contribution in [-0.4, -0.2) is 9.97 Å². The van der Waals surface area contributed by atoms with E-state index in [9.17, 15) is 0 Å². The Morgan fingerprint density at radius 3 is 1.20 bits per heavy atom. The molecule has 0 aliphatic heterocycles. The third kappa shape index (κ3) is 5.64. The molecule has 0 saturated heterocycles. The Bertz CT molecular complexity index is 319. The molecule has 0 fully saturated rings. The fourth-order valence-corrected chi connectivity index (χ4v) is 2.12. The van der Waals surface area contributed by atoms with Gasteiger partial charge in [-0.15, -0.1) is 22.7 Å². The van der Waals surface area contributed by atoms with Gasteiger partial charge in [0.1, 0.15) is 0 Å². The lowest BCUT2D eigenvalue weighted by Gasteiger charge is -1.71. The van der Waals surface area contributed by atoms with Gasteiger partial charge in [0.2, 0.25) is 0 Å². The second-order valence-corrected chi connectivity index (χ2v) is 5.14. The van der Waals surface area contributed by atoms with Gasteiger partial charge in [-0.05, 0) is 27.7 Å². The lowest BCUT2D eigenvalue weighted by molar-refractivity contribution is 1.20. The summed E-state index contributed by atoms with van der Waals surface area (Å²) in [5, 5.41) is 6.40. The fourth-order valence-electron chi connectivity index (χ4n) is 0.943. The maximum atomic E-state index is 4.13. The van der Waals surface area contributed by atoms with E-state index < -0.39 is 0 Å². The third-order valence-corrected chi connectivity index (χ3v) is 3.25. The maximum absolute atomic E-state index is 4.13. The predicted molar refractivity (Wildman–Crippen MR) is 69.9 cm³/mol. The first-order valence-corrected chi connectivity index (χ1v) is 6.11. The zero-order valence-electron chi connectivity index (χ0n) is 8.87. The van der Waals surface area contributed by atoms with E-state index in [2.05, 4.69) is 20.7 Å². The van der Waals surface area contributed by atoms with Crippen molar-refractivity contribution in [2.24, 2.45) is 0 Å². The summed E-state index contributed by atoms with van der Waals surface area (Å²) in [6.07, 6.45) is 0. The van der Waals surface area contributed by atoms with Crippen molar-refractivity contribution in [1.29, 1.82) is 0 Å². The first-order chi connectivity index (χ1) is 6.58. The smallest absolute Gasteiger partial charge is 0.0897 e. The minimum atomic E-state index is 0. The normalized spacial score (nSPS) is 8.80. The summed E-state index contributed by atoms with van der Waals surface area (Å²) in [5.41, 5.74) is 2.25. The van der Waals surface area contributed by atoms with Gasteiger partial charge in [-0.3, -0.25) is 0 Å². The van der Waals surface area contributed by atoms with E-state index in [4.69, 9.17) is 0 Å². The van der Waals surface area contributed by atoms with Crippen LogP contribution in [0.4, 0.5) is 0 Å². The van der Waals surface area contributed by atoms with Gasteiger partial charge in [0.25, 0.3) is 0 Å². The molecule has 2 rings (SSSR count). The molecule has 2 aromatic rings. The average Bonchev–Trinajstić information content (AvgIpc) is 2.63. The second-order valence-electron chi connectivity index (χ2n) is 3.02. The van der Waals surface area contributed by atoms with Crippen LogP contribution in [-0.2, 0) is 0 Å². The Kier molecular flexibility index (Phi) is 6.36. The number of rotatable bonds is 0. The highest BCUT2D eigenvalue weighted by Gasteiger charge is 1.86. The molecule has 0 aliphatic carbocycles. The predicted octanol–water partition coefficient (Wildman–Crippen LogP) is 4.16. The highest BCUT2D eigenvalue weighted by atomic mass is 32.1. The Hall–Kier alpha value is -0.740. The molecule has 0 unspecified atom stereocenters. The maximum Gasteiger partial charge on any atom is 0.0897 e. The van der Waals surface area contributed by atoms with Crippen LogP contribution in [0, 0.1) is 27.7 Å². The van der Waals surface area contributed by atoms with Crippen LogP contribution in [0.1, 0.15) is 28.8 Å². The summed E-state index contributed by atoms with van der Waals surface area (Å²) in [5.74, 6) is 0. The van der Waals surface area contributed by atoms with Crippen LogP contribution in [0.5, 0.6) is 0 Å². The molecule has 0 aromatic carbocycles. The van der Waals surface area contributed by atoms with E-state index in [0.29, 0.717) is 0 Å². The van der Waals surface area contributed by atoms with E-state index in [0.717, 1.165) is 21.4 Å². The van der Waals surface area contributed by atoms with Crippen molar-refractivity contribution >= 4 is 22.7 Å². The van der Waals surface area contributed by atoms with Crippen LogP contribution < -0.4 is 0 Å². The summed E-state index contributed by atoms with van der Waals surface area (Å²) < 4.78 is 0. The molecule has 2 heterocycles. The van der Waals surface area contributed by atoms with Gasteiger partial charge in [0.15, 0.2) is 0 Å². The Balaban J connectivity index is 0.000000245. The zero-order valence-corrected chi connectivity index (χ0v) is 10.5. The standard InChI is InChI=1S/2C5H7NS.CH4/c2*1-4-3-7-5(2)6-4;/h2*3H,1-2H3;1H4. The molecule has 0 radical (unpaired) electrons. The first-order valence-electron chi connectivity index (χ1n) is 4.35. The summed E-state index contributed by atoms with van der Waals surface area (Å²) >= 11 is 3.39. The molecule has 15 heavy (non-hydrogen) atoms. The molecule has 84 valence electrons. The number of aryl methyl sites for hydroxylation is 4. The van der Waals surface area contributed by atoms with Crippen molar-refractivity contribution in [2.75, 3.05) is 0 Å². The molecular formula is C11H18N2S2. The molecule has 0 amide bonds. The molecule has 0 saturated carbocycles. The van der Waals surface area contributed by atoms with Crippen molar-refractivity contribution in [3.8, 4) is 0 Å². The number of hydrogen-bond donors (Lipinski definition) is 0. The highest BCUT2D eigenvalue weighted by molar-refractivity contribution is 7.09. The van der Waals surface area contributed by atoms with Gasteiger partial charge >= 0.3 is 0 Å². The molecule has 0 N–H and O–H groups in total. The van der Waals surface area contributed by atoms with E-state index in [1.807, 2.05) is 27.7 Å². The van der Waals surface area contributed by atoms with Gasteiger partial charge < -0.3 is 0 Å². The van der Waals surface area contributed by atoms with Crippen molar-refractivity contribution in [1.82, 2.24) is 9.97 Å². The quantitative estimate of drug-likeness (QED) is 0.693. The van der Waals surface area contributed by atoms with E-state index in [-0.39, 0.29) is 7.43 Å². The Morgan fingerprint density at radius 1 is 0.800 bits per heavy atom. The highest BCUT2D eigenvalue weighted by Crippen LogP contribution is 2.05. The summed E-state index contributed by atoms with van der Waals surface area (Å²) in [6.45, 7) is 8.03. The molecule has 4 heteroatoms. The zero-order chi connectivity index (χ0) is 10.6. The van der Waals surface area contributed by atoms with Gasteiger partial charge in [0.05, 0.1) is 10.0 Å². The van der Waals surface area contributed by atoms with E-state index >= 15 is 0 Å². The molecule has 2 nitrogen and oxygen atoms in total. The van der Waals surface area contributed by atoms with Crippen molar-refractivity contribution in [3.63, 3.8) is 0 Å². The van der Waals surface area contributed by atoms with Gasteiger partial charge in [-0.25, -0.2) is 9.97 Å². The fraction of sp³-hybridized carbons (Fsp3) is 0.455. The lowest BCUT2D eigenvalue weighted by atomic mass is 10.6. The number of thiazole rings is 2. The van der Waals surface area contributed by atoms with Crippen LogP contribution in [0.25, 0.3) is 0 Å². The molecular weight excluding hydrogens is 224 g/mol. The van der Waals surface area contributed by atoms with Crippen LogP contribution in [0.15, 0.2) is 10.8 Å². The van der Waals surface area contributed by atoms with Crippen LogP contribution in [0.2, 0.25) is 0 Å². The van der Waals surface area contributed by atoms with E-state index in [1.165, 1.54) is 0 Å². The monoisotopic (exact) mass is 242 g/mol. The number of aromatic nitrogens is 2. The topological polar surface area (TPSA) is 25.8 Å². The summed E-state index contributed by atoms with van der Waals surface area (Å²) in [4.78, 5) is 8.26. The van der Waals surface area contributed by atoms with Crippen molar-refractivity contribution in [3.05, 3.63) is 32.2 Å². The van der Waals surface area contributed by atoms with Crippen molar-refractivity contribution < 1.29 is 0 Å². The second kappa shape index (κ2) is 6.69. The molecule has 0 bridgehead atoms. The lowest BCUT2D eigenvalue weighted by Crippen LogP contribution is -1.67. The molecule has 2 aromatic heterocycles.